The number of carbonyl (C=O) groups is 1. The van der Waals surface area contributed by atoms with E-state index in [0.29, 0.717) is 5.78 Å². The van der Waals surface area contributed by atoms with Crippen molar-refractivity contribution in [1.29, 1.82) is 0 Å². The molecule has 2 aromatic carbocycles. The Balaban J connectivity index is 0.00000240. The van der Waals surface area contributed by atoms with Crippen molar-refractivity contribution in [2.75, 3.05) is 0 Å². The third kappa shape index (κ3) is 4.70. The number of aryl methyl sites for hydroxylation is 3. The normalized spacial score (nSPS) is 15.2. The molecule has 2 nitrogen and oxygen atoms in total. The van der Waals surface area contributed by atoms with E-state index in [1.807, 2.05) is 0 Å². The van der Waals surface area contributed by atoms with Crippen LogP contribution in [0.25, 0.3) is 0 Å². The van der Waals surface area contributed by atoms with Crippen LogP contribution in [0, 0.1) is 26.7 Å². The SMILES string of the molecule is Cc1cccc(C[n+]2ccc(CC3Cc4cc(C)c(C)cc4C3=O)c(Br)c2)c1.[Br-]. The fourth-order valence-electron chi connectivity index (χ4n) is 4.10. The minimum Gasteiger partial charge on any atom is -1.00 e. The number of benzene rings is 2. The maximum atomic E-state index is 12.9. The second-order valence-electron chi connectivity index (χ2n) is 8.04. The molecule has 1 aliphatic carbocycles. The van der Waals surface area contributed by atoms with Crippen molar-refractivity contribution in [2.45, 2.75) is 40.2 Å². The fraction of sp³-hybridized carbons (Fsp3) is 0.280. The van der Waals surface area contributed by atoms with Gasteiger partial charge in [-0.1, -0.05) is 29.8 Å². The monoisotopic (exact) mass is 513 g/mol. The van der Waals surface area contributed by atoms with Gasteiger partial charge in [0.25, 0.3) is 0 Å². The number of aromatic nitrogens is 1. The minimum absolute atomic E-state index is 0. The van der Waals surface area contributed by atoms with Gasteiger partial charge in [-0.3, -0.25) is 4.79 Å². The minimum atomic E-state index is 0. The van der Waals surface area contributed by atoms with Crippen LogP contribution in [-0.2, 0) is 19.4 Å². The zero-order chi connectivity index (χ0) is 19.8. The van der Waals surface area contributed by atoms with Crippen LogP contribution in [0.5, 0.6) is 0 Å². The molecule has 0 amide bonds. The van der Waals surface area contributed by atoms with Gasteiger partial charge in [-0.05, 0) is 83.9 Å². The Labute approximate surface area is 191 Å². The molecule has 150 valence electrons. The lowest BCUT2D eigenvalue weighted by Gasteiger charge is -2.09. The van der Waals surface area contributed by atoms with E-state index in [1.165, 1.54) is 33.4 Å². The van der Waals surface area contributed by atoms with Crippen LogP contribution in [0.15, 0.2) is 59.3 Å². The molecule has 0 fully saturated rings. The average molecular weight is 515 g/mol. The first kappa shape index (κ1) is 21.9. The molecule has 0 bridgehead atoms. The van der Waals surface area contributed by atoms with E-state index in [0.717, 1.165) is 29.4 Å². The standard InChI is InChI=1S/C25H25BrNO.BrH/c1-16-5-4-6-19(9-16)14-27-8-7-20(24(26)15-27)12-22-13-21-10-17(2)18(3)11-23(21)25(22)28;/h4-11,15,22H,12-14H2,1-3H3;1H/q+1;/p-1. The lowest BCUT2D eigenvalue weighted by molar-refractivity contribution is -0.689. The smallest absolute Gasteiger partial charge is 0.183 e. The fourth-order valence-corrected chi connectivity index (χ4v) is 4.66. The van der Waals surface area contributed by atoms with Crippen LogP contribution in [0.3, 0.4) is 0 Å². The second kappa shape index (κ2) is 8.93. The number of halogens is 2. The highest BCUT2D eigenvalue weighted by Crippen LogP contribution is 2.32. The molecule has 4 heteroatoms. The highest BCUT2D eigenvalue weighted by atomic mass is 79.9. The zero-order valence-corrected chi connectivity index (χ0v) is 20.2. The molecule has 3 aromatic rings. The van der Waals surface area contributed by atoms with Crippen molar-refractivity contribution in [3.8, 4) is 0 Å². The summed E-state index contributed by atoms with van der Waals surface area (Å²) in [4.78, 5) is 12.9. The lowest BCUT2D eigenvalue weighted by atomic mass is 9.96. The van der Waals surface area contributed by atoms with Crippen molar-refractivity contribution in [1.82, 2.24) is 0 Å². The molecule has 0 N–H and O–H groups in total. The summed E-state index contributed by atoms with van der Waals surface area (Å²) in [5.74, 6) is 0.335. The van der Waals surface area contributed by atoms with Gasteiger partial charge in [0.2, 0.25) is 0 Å². The number of ketones is 1. The van der Waals surface area contributed by atoms with Gasteiger partial charge in [0, 0.05) is 23.1 Å². The average Bonchev–Trinajstić information content (AvgIpc) is 2.93. The topological polar surface area (TPSA) is 20.9 Å². The van der Waals surface area contributed by atoms with Crippen molar-refractivity contribution in [3.05, 3.63) is 98.3 Å². The molecule has 1 aliphatic rings. The Kier molecular flexibility index (Phi) is 6.75. The number of pyridine rings is 1. The molecular weight excluding hydrogens is 490 g/mol. The van der Waals surface area contributed by atoms with Gasteiger partial charge in [-0.25, -0.2) is 0 Å². The second-order valence-corrected chi connectivity index (χ2v) is 8.90. The van der Waals surface area contributed by atoms with Crippen molar-refractivity contribution in [3.63, 3.8) is 0 Å². The summed E-state index contributed by atoms with van der Waals surface area (Å²) < 4.78 is 3.25. The predicted molar refractivity (Wildman–Crippen MR) is 116 cm³/mol. The number of carbonyl (C=O) groups excluding carboxylic acids is 1. The zero-order valence-electron chi connectivity index (χ0n) is 17.0. The molecule has 0 saturated carbocycles. The summed E-state index contributed by atoms with van der Waals surface area (Å²) in [6, 6.07) is 15.0. The van der Waals surface area contributed by atoms with Gasteiger partial charge >= 0.3 is 0 Å². The Hall–Kier alpha value is -1.78. The molecule has 0 aliphatic heterocycles. The summed E-state index contributed by atoms with van der Waals surface area (Å²) in [5.41, 5.74) is 8.36. The molecule has 1 atom stereocenters. The predicted octanol–water partition coefficient (Wildman–Crippen LogP) is 2.31. The van der Waals surface area contributed by atoms with Crippen LogP contribution in [-0.4, -0.2) is 5.78 Å². The molecule has 4 rings (SSSR count). The number of hydrogen-bond acceptors (Lipinski definition) is 1. The van der Waals surface area contributed by atoms with Crippen molar-refractivity contribution < 1.29 is 26.3 Å². The van der Waals surface area contributed by atoms with E-state index in [9.17, 15) is 4.79 Å². The summed E-state index contributed by atoms with van der Waals surface area (Å²) in [6.07, 6.45) is 5.86. The molecule has 1 heterocycles. The molecule has 1 aromatic heterocycles. The number of rotatable bonds is 4. The van der Waals surface area contributed by atoms with Gasteiger partial charge in [0.15, 0.2) is 24.7 Å². The van der Waals surface area contributed by atoms with Gasteiger partial charge < -0.3 is 17.0 Å². The van der Waals surface area contributed by atoms with Crippen LogP contribution in [0.4, 0.5) is 0 Å². The molecular formula is C25H25Br2NO. The van der Waals surface area contributed by atoms with E-state index in [-0.39, 0.29) is 22.9 Å². The summed E-state index contributed by atoms with van der Waals surface area (Å²) in [7, 11) is 0. The van der Waals surface area contributed by atoms with Crippen molar-refractivity contribution >= 4 is 21.7 Å². The number of Topliss-reactive ketones (excluding diaryl/α,β-unsaturated/α-hetero) is 1. The Morgan fingerprint density at radius 1 is 1.07 bits per heavy atom. The number of hydrogen-bond donors (Lipinski definition) is 0. The van der Waals surface area contributed by atoms with Gasteiger partial charge in [0.1, 0.15) is 0 Å². The van der Waals surface area contributed by atoms with Crippen LogP contribution < -0.4 is 21.5 Å². The van der Waals surface area contributed by atoms with E-state index in [4.69, 9.17) is 0 Å². The number of fused-ring (bicyclic) bond motifs is 1. The van der Waals surface area contributed by atoms with Gasteiger partial charge in [0.05, 0.1) is 4.47 Å². The first-order chi connectivity index (χ1) is 13.4. The summed E-state index contributed by atoms with van der Waals surface area (Å²) >= 11 is 3.73. The molecule has 0 spiro atoms. The Morgan fingerprint density at radius 2 is 1.83 bits per heavy atom. The maximum Gasteiger partial charge on any atom is 0.183 e. The summed E-state index contributed by atoms with van der Waals surface area (Å²) in [5, 5.41) is 0. The number of nitrogens with zero attached hydrogens (tertiary/aromatic N) is 1. The highest BCUT2D eigenvalue weighted by molar-refractivity contribution is 9.10. The lowest BCUT2D eigenvalue weighted by Crippen LogP contribution is -3.00. The first-order valence-corrected chi connectivity index (χ1v) is 10.6. The molecule has 0 saturated heterocycles. The van der Waals surface area contributed by atoms with E-state index in [1.54, 1.807) is 0 Å². The van der Waals surface area contributed by atoms with Crippen LogP contribution in [0.1, 0.15) is 43.7 Å². The first-order valence-electron chi connectivity index (χ1n) is 9.78. The molecule has 29 heavy (non-hydrogen) atoms. The van der Waals surface area contributed by atoms with Gasteiger partial charge in [-0.2, -0.15) is 4.57 Å². The van der Waals surface area contributed by atoms with Crippen LogP contribution >= 0.6 is 15.9 Å². The maximum absolute atomic E-state index is 12.9. The van der Waals surface area contributed by atoms with E-state index in [2.05, 4.69) is 96.1 Å². The van der Waals surface area contributed by atoms with E-state index < -0.39 is 0 Å². The molecule has 1 unspecified atom stereocenters. The third-order valence-electron chi connectivity index (χ3n) is 5.79. The van der Waals surface area contributed by atoms with Crippen molar-refractivity contribution in [2.24, 2.45) is 5.92 Å². The molecule has 0 radical (unpaired) electrons. The largest absolute Gasteiger partial charge is 1.00 e. The third-order valence-corrected chi connectivity index (χ3v) is 6.50. The highest BCUT2D eigenvalue weighted by Gasteiger charge is 2.31. The quantitative estimate of drug-likeness (QED) is 0.489. The van der Waals surface area contributed by atoms with E-state index >= 15 is 0 Å². The summed E-state index contributed by atoms with van der Waals surface area (Å²) in [6.45, 7) is 7.16. The Morgan fingerprint density at radius 3 is 2.55 bits per heavy atom. The van der Waals surface area contributed by atoms with Gasteiger partial charge in [-0.15, -0.1) is 0 Å². The Bertz CT molecular complexity index is 1070. The van der Waals surface area contributed by atoms with Crippen LogP contribution in [0.2, 0.25) is 0 Å².